The zero-order chi connectivity index (χ0) is 28.6. The Labute approximate surface area is 222 Å². The lowest BCUT2D eigenvalue weighted by molar-refractivity contribution is -0.144. The van der Waals surface area contributed by atoms with Crippen molar-refractivity contribution in [3.8, 4) is 0 Å². The number of benzene rings is 1. The molecule has 1 heterocycles. The maximum absolute atomic E-state index is 13.4. The maximum Gasteiger partial charge on any atom is 0.326 e. The molecule has 0 fully saturated rings. The lowest BCUT2D eigenvalue weighted by Gasteiger charge is -2.28. The van der Waals surface area contributed by atoms with Gasteiger partial charge in [-0.2, -0.15) is 0 Å². The van der Waals surface area contributed by atoms with Gasteiger partial charge < -0.3 is 36.9 Å². The van der Waals surface area contributed by atoms with Crippen LogP contribution in [0.25, 0.3) is 10.9 Å². The lowest BCUT2D eigenvalue weighted by atomic mass is 9.97. The number of aromatic amines is 1. The van der Waals surface area contributed by atoms with Crippen LogP contribution in [0.15, 0.2) is 30.5 Å². The van der Waals surface area contributed by atoms with Crippen LogP contribution in [-0.4, -0.2) is 69.2 Å². The number of hydrogen-bond donors (Lipinski definition) is 7. The summed E-state index contributed by atoms with van der Waals surface area (Å²) in [4.78, 5) is 54.1. The van der Waals surface area contributed by atoms with E-state index in [0.717, 1.165) is 16.5 Å². The van der Waals surface area contributed by atoms with E-state index in [9.17, 15) is 29.4 Å². The van der Waals surface area contributed by atoms with Gasteiger partial charge in [-0.1, -0.05) is 58.7 Å². The molecule has 0 spiro atoms. The van der Waals surface area contributed by atoms with Crippen molar-refractivity contribution >= 4 is 34.6 Å². The van der Waals surface area contributed by atoms with Gasteiger partial charge in [0.25, 0.3) is 0 Å². The van der Waals surface area contributed by atoms with E-state index >= 15 is 0 Å². The van der Waals surface area contributed by atoms with Gasteiger partial charge in [0.1, 0.15) is 18.1 Å². The van der Waals surface area contributed by atoms with Gasteiger partial charge in [-0.25, -0.2) is 4.79 Å². The highest BCUT2D eigenvalue weighted by Gasteiger charge is 2.34. The van der Waals surface area contributed by atoms with Crippen LogP contribution in [-0.2, 0) is 25.6 Å². The number of para-hydroxylation sites is 1. The Bertz CT molecular complexity index is 1120. The SMILES string of the molecule is CCC(C)C(N)C(=O)NC(Cc1c[nH]c2ccccc12)C(=O)NC(C(=O)NC(C(=O)O)C(C)CC)C(C)O. The van der Waals surface area contributed by atoms with E-state index in [1.165, 1.54) is 6.92 Å². The number of aliphatic hydroxyl groups is 1. The molecule has 0 saturated heterocycles. The first-order valence-corrected chi connectivity index (χ1v) is 13.0. The van der Waals surface area contributed by atoms with Crippen LogP contribution in [0.3, 0.4) is 0 Å². The summed E-state index contributed by atoms with van der Waals surface area (Å²) in [7, 11) is 0. The smallest absolute Gasteiger partial charge is 0.326 e. The number of carboxylic acids is 1. The molecule has 2 aromatic rings. The van der Waals surface area contributed by atoms with Crippen molar-refractivity contribution in [2.45, 2.75) is 84.2 Å². The molecule has 0 aliphatic heterocycles. The summed E-state index contributed by atoms with van der Waals surface area (Å²) in [5.41, 5.74) is 7.72. The minimum absolute atomic E-state index is 0.0909. The van der Waals surface area contributed by atoms with Gasteiger partial charge in [0.2, 0.25) is 17.7 Å². The van der Waals surface area contributed by atoms with Crippen molar-refractivity contribution < 1.29 is 29.4 Å². The third-order valence-electron chi connectivity index (χ3n) is 7.13. The maximum atomic E-state index is 13.4. The fraction of sp³-hybridized carbons (Fsp3) is 0.556. The van der Waals surface area contributed by atoms with Gasteiger partial charge in [-0.15, -0.1) is 0 Å². The molecule has 0 radical (unpaired) electrons. The fourth-order valence-electron chi connectivity index (χ4n) is 4.10. The molecule has 7 unspecified atom stereocenters. The summed E-state index contributed by atoms with van der Waals surface area (Å²) in [5.74, 6) is -3.79. The normalized spacial score (nSPS) is 16.9. The third-order valence-corrected chi connectivity index (χ3v) is 7.13. The number of aliphatic carboxylic acids is 1. The molecule has 8 N–H and O–H groups in total. The minimum Gasteiger partial charge on any atom is -0.480 e. The van der Waals surface area contributed by atoms with Crippen LogP contribution in [0.5, 0.6) is 0 Å². The number of nitrogens with one attached hydrogen (secondary N) is 4. The number of aromatic nitrogens is 1. The summed E-state index contributed by atoms with van der Waals surface area (Å²) >= 11 is 0. The van der Waals surface area contributed by atoms with Crippen LogP contribution in [0.4, 0.5) is 0 Å². The molecule has 1 aromatic heterocycles. The average molecular weight is 532 g/mol. The van der Waals surface area contributed by atoms with E-state index in [4.69, 9.17) is 5.73 Å². The zero-order valence-electron chi connectivity index (χ0n) is 22.7. The molecule has 11 heteroatoms. The average Bonchev–Trinajstić information content (AvgIpc) is 3.30. The van der Waals surface area contributed by atoms with Gasteiger partial charge in [-0.05, 0) is 30.4 Å². The molecule has 0 aliphatic carbocycles. The van der Waals surface area contributed by atoms with Crippen LogP contribution in [0.1, 0.15) is 53.0 Å². The number of carbonyl (C=O) groups is 4. The quantitative estimate of drug-likeness (QED) is 0.190. The van der Waals surface area contributed by atoms with Crippen LogP contribution < -0.4 is 21.7 Å². The molecular formula is C27H41N5O6. The Kier molecular flexibility index (Phi) is 11.3. The van der Waals surface area contributed by atoms with Crippen LogP contribution in [0, 0.1) is 11.8 Å². The second kappa shape index (κ2) is 13.9. The Balaban J connectivity index is 2.31. The van der Waals surface area contributed by atoms with Gasteiger partial charge in [0.15, 0.2) is 0 Å². The molecule has 11 nitrogen and oxygen atoms in total. The van der Waals surface area contributed by atoms with E-state index in [0.29, 0.717) is 12.8 Å². The highest BCUT2D eigenvalue weighted by molar-refractivity contribution is 5.95. The van der Waals surface area contributed by atoms with Crippen molar-refractivity contribution in [1.29, 1.82) is 0 Å². The lowest BCUT2D eigenvalue weighted by Crippen LogP contribution is -2.61. The van der Waals surface area contributed by atoms with E-state index in [1.807, 2.05) is 38.1 Å². The first kappa shape index (κ1) is 30.8. The first-order valence-electron chi connectivity index (χ1n) is 13.0. The number of rotatable bonds is 14. The summed E-state index contributed by atoms with van der Waals surface area (Å²) < 4.78 is 0. The summed E-state index contributed by atoms with van der Waals surface area (Å²) in [6.45, 7) is 8.54. The molecule has 0 aliphatic rings. The standard InChI is InChI=1S/C27H41N5O6/c1-6-14(3)21(28)25(35)30-20(12-17-13-29-19-11-9-8-10-18(17)19)24(34)32-23(16(5)33)26(36)31-22(27(37)38)15(4)7-2/h8-11,13-16,20-23,29,33H,6-7,12,28H2,1-5H3,(H,30,35)(H,31,36)(H,32,34)(H,37,38). The highest BCUT2D eigenvalue weighted by atomic mass is 16.4. The largest absolute Gasteiger partial charge is 0.480 e. The fourth-order valence-corrected chi connectivity index (χ4v) is 4.10. The van der Waals surface area contributed by atoms with Gasteiger partial charge in [0.05, 0.1) is 12.1 Å². The van der Waals surface area contributed by atoms with E-state index < -0.39 is 54.0 Å². The van der Waals surface area contributed by atoms with Crippen molar-refractivity contribution in [3.63, 3.8) is 0 Å². The molecule has 3 amide bonds. The number of hydrogen-bond acceptors (Lipinski definition) is 6. The molecular weight excluding hydrogens is 490 g/mol. The second-order valence-electron chi connectivity index (χ2n) is 9.97. The number of carbonyl (C=O) groups excluding carboxylic acids is 3. The topological polar surface area (TPSA) is 187 Å². The van der Waals surface area contributed by atoms with E-state index in [-0.39, 0.29) is 18.3 Å². The minimum atomic E-state index is -1.45. The Morgan fingerprint density at radius 2 is 1.50 bits per heavy atom. The second-order valence-corrected chi connectivity index (χ2v) is 9.97. The van der Waals surface area contributed by atoms with E-state index in [2.05, 4.69) is 20.9 Å². The van der Waals surface area contributed by atoms with Gasteiger partial charge >= 0.3 is 5.97 Å². The Morgan fingerprint density at radius 3 is 2.08 bits per heavy atom. The predicted molar refractivity (Wildman–Crippen MR) is 144 cm³/mol. The van der Waals surface area contributed by atoms with E-state index in [1.54, 1.807) is 20.0 Å². The Morgan fingerprint density at radius 1 is 0.895 bits per heavy atom. The molecule has 0 bridgehead atoms. The molecule has 210 valence electrons. The number of fused-ring (bicyclic) bond motifs is 1. The molecule has 0 saturated carbocycles. The first-order chi connectivity index (χ1) is 17.9. The van der Waals surface area contributed by atoms with Crippen LogP contribution >= 0.6 is 0 Å². The molecule has 38 heavy (non-hydrogen) atoms. The number of nitrogens with two attached hydrogens (primary N) is 1. The highest BCUT2D eigenvalue weighted by Crippen LogP contribution is 2.19. The predicted octanol–water partition coefficient (Wildman–Crippen LogP) is 1.05. The monoisotopic (exact) mass is 531 g/mol. The molecule has 1 aromatic carbocycles. The van der Waals surface area contributed by atoms with Crippen molar-refractivity contribution in [3.05, 3.63) is 36.0 Å². The number of carboxylic acid groups (broad SMARTS) is 1. The molecule has 2 rings (SSSR count). The third kappa shape index (κ3) is 7.78. The number of amides is 3. The molecule has 7 atom stereocenters. The van der Waals surface area contributed by atoms with Gasteiger partial charge in [-0.3, -0.25) is 14.4 Å². The van der Waals surface area contributed by atoms with Crippen molar-refractivity contribution in [2.75, 3.05) is 0 Å². The van der Waals surface area contributed by atoms with Crippen LogP contribution in [0.2, 0.25) is 0 Å². The van der Waals surface area contributed by atoms with Crippen molar-refractivity contribution in [2.24, 2.45) is 17.6 Å². The zero-order valence-corrected chi connectivity index (χ0v) is 22.7. The van der Waals surface area contributed by atoms with Crippen molar-refractivity contribution in [1.82, 2.24) is 20.9 Å². The summed E-state index contributed by atoms with van der Waals surface area (Å²) in [6.07, 6.45) is 1.66. The summed E-state index contributed by atoms with van der Waals surface area (Å²) in [6, 6.07) is 2.90. The Hall–Kier alpha value is -3.44. The van der Waals surface area contributed by atoms with Gasteiger partial charge in [0, 0.05) is 23.5 Å². The number of aliphatic hydroxyl groups excluding tert-OH is 1. The summed E-state index contributed by atoms with van der Waals surface area (Å²) in [5, 5.41) is 28.3. The number of H-pyrrole nitrogens is 1.